The van der Waals surface area contributed by atoms with E-state index in [0.717, 1.165) is 23.6 Å². The fourth-order valence-corrected chi connectivity index (χ4v) is 2.80. The van der Waals surface area contributed by atoms with Gasteiger partial charge in [-0.15, -0.1) is 34.2 Å². The molecule has 0 unspecified atom stereocenters. The Kier molecular flexibility index (Phi) is 7.92. The van der Waals surface area contributed by atoms with Crippen molar-refractivity contribution in [3.63, 3.8) is 0 Å². The van der Waals surface area contributed by atoms with Gasteiger partial charge in [-0.2, -0.15) is 0 Å². The average Bonchev–Trinajstić information content (AvgIpc) is 3.02. The van der Waals surface area contributed by atoms with Crippen molar-refractivity contribution in [1.82, 2.24) is 25.2 Å². The van der Waals surface area contributed by atoms with Gasteiger partial charge >= 0.3 is 0 Å². The zero-order valence-corrected chi connectivity index (χ0v) is 18.0. The number of aliphatic imine (C=N–C) groups is 1. The molecule has 6 nitrogen and oxygen atoms in total. The predicted molar refractivity (Wildman–Crippen MR) is 117 cm³/mol. The molecule has 3 aromatic rings. The maximum absolute atomic E-state index is 6.20. The normalized spacial score (nSPS) is 11.3. The van der Waals surface area contributed by atoms with Gasteiger partial charge in [0.25, 0.3) is 0 Å². The Labute approximate surface area is 179 Å². The molecule has 0 aliphatic carbocycles. The average molecular weight is 505 g/mol. The second-order valence-corrected chi connectivity index (χ2v) is 6.17. The second-order valence-electron chi connectivity index (χ2n) is 5.33. The molecule has 0 aliphatic rings. The van der Waals surface area contributed by atoms with E-state index in [4.69, 9.17) is 23.2 Å². The summed E-state index contributed by atoms with van der Waals surface area (Å²) in [6, 6.07) is 11.2. The van der Waals surface area contributed by atoms with Crippen LogP contribution in [-0.2, 0) is 13.1 Å². The summed E-state index contributed by atoms with van der Waals surface area (Å²) in [5.41, 5.74) is 1.73. The maximum Gasteiger partial charge on any atom is 0.191 e. The lowest BCUT2D eigenvalue weighted by atomic mass is 10.2. The highest BCUT2D eigenvalue weighted by molar-refractivity contribution is 14.0. The van der Waals surface area contributed by atoms with Crippen LogP contribution in [0, 0.1) is 0 Å². The quantitative estimate of drug-likeness (QED) is 0.314. The topological polar surface area (TPSA) is 66.6 Å². The molecular weight excluding hydrogens is 486 g/mol. The summed E-state index contributed by atoms with van der Waals surface area (Å²) in [6.07, 6.45) is 1.93. The van der Waals surface area contributed by atoms with Crippen LogP contribution in [0.3, 0.4) is 0 Å². The molecule has 2 heterocycles. The Bertz CT molecular complexity index is 896. The third-order valence-electron chi connectivity index (χ3n) is 3.57. The molecule has 0 saturated carbocycles. The second kappa shape index (κ2) is 9.94. The number of guanidine groups is 1. The van der Waals surface area contributed by atoms with E-state index in [-0.39, 0.29) is 24.0 Å². The van der Waals surface area contributed by atoms with Crippen molar-refractivity contribution in [2.45, 2.75) is 20.0 Å². The zero-order chi connectivity index (χ0) is 17.6. The van der Waals surface area contributed by atoms with E-state index in [2.05, 4.69) is 25.8 Å². The summed E-state index contributed by atoms with van der Waals surface area (Å²) >= 11 is 12.1. The van der Waals surface area contributed by atoms with Crippen molar-refractivity contribution >= 4 is 58.8 Å². The number of halogens is 3. The van der Waals surface area contributed by atoms with Crippen LogP contribution < -0.4 is 10.6 Å². The molecule has 1 aromatic carbocycles. The van der Waals surface area contributed by atoms with E-state index in [1.54, 1.807) is 12.1 Å². The third-order valence-corrected chi connectivity index (χ3v) is 4.15. The fraction of sp³-hybridized carbons (Fsp3) is 0.235. The lowest BCUT2D eigenvalue weighted by Crippen LogP contribution is -2.37. The number of aromatic nitrogens is 3. The van der Waals surface area contributed by atoms with Gasteiger partial charge in [0.1, 0.15) is 0 Å². The Hall–Kier alpha value is -1.58. The number of benzene rings is 1. The van der Waals surface area contributed by atoms with Gasteiger partial charge in [0, 0.05) is 22.8 Å². The van der Waals surface area contributed by atoms with Crippen LogP contribution in [0.15, 0.2) is 47.6 Å². The van der Waals surface area contributed by atoms with Crippen molar-refractivity contribution in [3.05, 3.63) is 64.0 Å². The number of fused-ring (bicyclic) bond motifs is 1. The maximum atomic E-state index is 6.20. The monoisotopic (exact) mass is 504 g/mol. The van der Waals surface area contributed by atoms with Gasteiger partial charge in [-0.1, -0.05) is 35.3 Å². The van der Waals surface area contributed by atoms with Crippen LogP contribution in [0.5, 0.6) is 0 Å². The molecule has 9 heteroatoms. The molecule has 2 aromatic heterocycles. The summed E-state index contributed by atoms with van der Waals surface area (Å²) in [7, 11) is 0. The van der Waals surface area contributed by atoms with Crippen molar-refractivity contribution < 1.29 is 0 Å². The van der Waals surface area contributed by atoms with Crippen molar-refractivity contribution in [2.75, 3.05) is 6.54 Å². The van der Waals surface area contributed by atoms with Gasteiger partial charge < -0.3 is 10.6 Å². The van der Waals surface area contributed by atoms with Crippen LogP contribution in [0.2, 0.25) is 10.0 Å². The summed E-state index contributed by atoms with van der Waals surface area (Å²) in [5.74, 6) is 1.49. The highest BCUT2D eigenvalue weighted by atomic mass is 127. The number of hydrogen-bond acceptors (Lipinski definition) is 3. The fourth-order valence-electron chi connectivity index (χ4n) is 2.33. The van der Waals surface area contributed by atoms with Crippen LogP contribution in [0.4, 0.5) is 0 Å². The van der Waals surface area contributed by atoms with Crippen molar-refractivity contribution in [1.29, 1.82) is 0 Å². The Balaban J connectivity index is 0.00000243. The smallest absolute Gasteiger partial charge is 0.191 e. The van der Waals surface area contributed by atoms with Gasteiger partial charge in [-0.05, 0) is 36.8 Å². The minimum atomic E-state index is 0. The first-order valence-corrected chi connectivity index (χ1v) is 8.67. The molecule has 0 atom stereocenters. The summed E-state index contributed by atoms with van der Waals surface area (Å²) < 4.78 is 1.94. The van der Waals surface area contributed by atoms with Crippen LogP contribution in [0.1, 0.15) is 18.3 Å². The van der Waals surface area contributed by atoms with E-state index < -0.39 is 0 Å². The summed E-state index contributed by atoms with van der Waals surface area (Å²) in [6.45, 7) is 3.72. The van der Waals surface area contributed by atoms with Gasteiger partial charge in [0.05, 0.1) is 13.1 Å². The molecule has 0 radical (unpaired) electrons. The van der Waals surface area contributed by atoms with E-state index in [0.29, 0.717) is 29.1 Å². The SMILES string of the molecule is CCNC(=NCc1ccc(Cl)cc1Cl)NCc1nnc2ccccn12.I. The number of hydrogen-bond donors (Lipinski definition) is 2. The number of pyridine rings is 1. The van der Waals surface area contributed by atoms with E-state index in [9.17, 15) is 0 Å². The highest BCUT2D eigenvalue weighted by Crippen LogP contribution is 2.21. The first-order valence-electron chi connectivity index (χ1n) is 7.92. The zero-order valence-electron chi connectivity index (χ0n) is 14.1. The first kappa shape index (κ1) is 20.7. The largest absolute Gasteiger partial charge is 0.357 e. The molecule has 26 heavy (non-hydrogen) atoms. The Morgan fingerprint density at radius 2 is 2.00 bits per heavy atom. The minimum Gasteiger partial charge on any atom is -0.357 e. The molecule has 0 saturated heterocycles. The lowest BCUT2D eigenvalue weighted by Gasteiger charge is -2.11. The molecule has 3 rings (SSSR count). The Morgan fingerprint density at radius 3 is 2.77 bits per heavy atom. The van der Waals surface area contributed by atoms with Gasteiger partial charge in [0.15, 0.2) is 17.4 Å². The van der Waals surface area contributed by atoms with Crippen LogP contribution in [-0.4, -0.2) is 27.1 Å². The molecule has 0 bridgehead atoms. The molecule has 138 valence electrons. The third kappa shape index (κ3) is 5.21. The molecule has 2 N–H and O–H groups in total. The first-order chi connectivity index (χ1) is 12.2. The van der Waals surface area contributed by atoms with Crippen LogP contribution in [0.25, 0.3) is 5.65 Å². The van der Waals surface area contributed by atoms with E-state index >= 15 is 0 Å². The molecule has 0 amide bonds. The van der Waals surface area contributed by atoms with E-state index in [1.165, 1.54) is 0 Å². The number of rotatable bonds is 5. The van der Waals surface area contributed by atoms with E-state index in [1.807, 2.05) is 41.8 Å². The molecule has 0 fully saturated rings. The van der Waals surface area contributed by atoms with Crippen molar-refractivity contribution in [2.24, 2.45) is 4.99 Å². The standard InChI is InChI=1S/C17H18Cl2N6.HI/c1-2-20-17(21-10-12-6-7-13(18)9-14(12)19)22-11-16-24-23-15-5-3-4-8-25(15)16;/h3-9H,2,10-11H2,1H3,(H2,20,21,22);1H. The number of nitrogens with zero attached hydrogens (tertiary/aromatic N) is 4. The molecule has 0 spiro atoms. The number of nitrogens with one attached hydrogen (secondary N) is 2. The minimum absolute atomic E-state index is 0. The summed E-state index contributed by atoms with van der Waals surface area (Å²) in [4.78, 5) is 4.56. The highest BCUT2D eigenvalue weighted by Gasteiger charge is 2.06. The molecular formula is C17H19Cl2IN6. The van der Waals surface area contributed by atoms with Crippen molar-refractivity contribution in [3.8, 4) is 0 Å². The Morgan fingerprint density at radius 1 is 1.15 bits per heavy atom. The lowest BCUT2D eigenvalue weighted by molar-refractivity contribution is 0.765. The molecule has 0 aliphatic heterocycles. The summed E-state index contributed by atoms with van der Waals surface area (Å²) in [5, 5.41) is 16.0. The van der Waals surface area contributed by atoms with Crippen LogP contribution >= 0.6 is 47.2 Å². The van der Waals surface area contributed by atoms with Gasteiger partial charge in [0.2, 0.25) is 0 Å². The predicted octanol–water partition coefficient (Wildman–Crippen LogP) is 3.91. The van der Waals surface area contributed by atoms with Gasteiger partial charge in [-0.3, -0.25) is 4.40 Å². The van der Waals surface area contributed by atoms with Gasteiger partial charge in [-0.25, -0.2) is 4.99 Å².